The van der Waals surface area contributed by atoms with E-state index in [9.17, 15) is 0 Å². The van der Waals surface area contributed by atoms with Gasteiger partial charge in [-0.3, -0.25) is 4.99 Å². The zero-order chi connectivity index (χ0) is 7.82. The van der Waals surface area contributed by atoms with Crippen molar-refractivity contribution in [3.05, 3.63) is 6.92 Å². The van der Waals surface area contributed by atoms with E-state index in [1.807, 2.05) is 0 Å². The molecule has 0 aliphatic heterocycles. The second-order valence-corrected chi connectivity index (χ2v) is 2.14. The average Bonchev–Trinajstić information content (AvgIpc) is 1.98. The molecule has 0 saturated heterocycles. The molecule has 0 saturated carbocycles. The second kappa shape index (κ2) is 6.55. The van der Waals surface area contributed by atoms with Gasteiger partial charge in [0.2, 0.25) is 0 Å². The van der Waals surface area contributed by atoms with E-state index in [0.29, 0.717) is 6.54 Å². The maximum absolute atomic E-state index is 8.50. The van der Waals surface area contributed by atoms with Crippen molar-refractivity contribution in [1.82, 2.24) is 0 Å². The molecule has 0 amide bonds. The summed E-state index contributed by atoms with van der Waals surface area (Å²) in [6.07, 6.45) is 2.97. The molecule has 10 heavy (non-hydrogen) atoms. The molecule has 2 radical (unpaired) electrons. The quantitative estimate of drug-likeness (QED) is 0.324. The lowest BCUT2D eigenvalue weighted by Crippen LogP contribution is -2.01. The Balaban J connectivity index is 3.03. The number of hydrogen-bond acceptors (Lipinski definition) is 2. The van der Waals surface area contributed by atoms with Crippen LogP contribution >= 0.6 is 0 Å². The molecule has 0 spiro atoms. The molecule has 1 unspecified atom stereocenters. The third kappa shape index (κ3) is 5.56. The van der Waals surface area contributed by atoms with E-state index in [-0.39, 0.29) is 12.5 Å². The summed E-state index contributed by atoms with van der Waals surface area (Å²) >= 11 is 0. The molecular formula is C7H14N2O. The Morgan fingerprint density at radius 3 is 2.90 bits per heavy atom. The molecule has 0 aromatic rings. The fraction of sp³-hybridized carbons (Fsp3) is 0.714. The Hall–Kier alpha value is -0.570. The first-order valence-corrected chi connectivity index (χ1v) is 3.37. The van der Waals surface area contributed by atoms with E-state index in [0.717, 1.165) is 12.8 Å². The Kier molecular flexibility index (Phi) is 6.18. The van der Waals surface area contributed by atoms with Gasteiger partial charge >= 0.3 is 0 Å². The summed E-state index contributed by atoms with van der Waals surface area (Å²) in [5.41, 5.74) is 5.01. The molecule has 0 heterocycles. The SMILES string of the molecule is [CH]C(CO)CCCN=CN. The van der Waals surface area contributed by atoms with E-state index in [2.05, 4.69) is 4.99 Å². The zero-order valence-electron chi connectivity index (χ0n) is 6.03. The van der Waals surface area contributed by atoms with Crippen molar-refractivity contribution in [2.45, 2.75) is 12.8 Å². The standard InChI is InChI=1S/C7H14N2O/c1-7(5-10)3-2-4-9-6-8/h1,6-7,10H,2-5H2,(H2,8,9). The molecule has 3 heteroatoms. The number of aliphatic hydroxyl groups excluding tert-OH is 1. The monoisotopic (exact) mass is 142 g/mol. The first-order chi connectivity index (χ1) is 4.81. The van der Waals surface area contributed by atoms with Crippen LogP contribution in [0.3, 0.4) is 0 Å². The fourth-order valence-electron chi connectivity index (χ4n) is 0.611. The highest BCUT2D eigenvalue weighted by Crippen LogP contribution is 2.02. The predicted octanol–water partition coefficient (Wildman–Crippen LogP) is 0.0732. The number of rotatable bonds is 5. The normalized spacial score (nSPS) is 14.2. The number of nitrogens with zero attached hydrogens (tertiary/aromatic N) is 1. The van der Waals surface area contributed by atoms with Gasteiger partial charge in [0.15, 0.2) is 0 Å². The van der Waals surface area contributed by atoms with Crippen LogP contribution in [0, 0.1) is 12.8 Å². The number of aliphatic imine (C=N–C) groups is 1. The lowest BCUT2D eigenvalue weighted by molar-refractivity contribution is 0.243. The smallest absolute Gasteiger partial charge is 0.0797 e. The van der Waals surface area contributed by atoms with Gasteiger partial charge < -0.3 is 10.8 Å². The minimum absolute atomic E-state index is 0.0480. The van der Waals surface area contributed by atoms with Gasteiger partial charge in [-0.15, -0.1) is 0 Å². The molecule has 3 nitrogen and oxygen atoms in total. The van der Waals surface area contributed by atoms with E-state index >= 15 is 0 Å². The summed E-state index contributed by atoms with van der Waals surface area (Å²) in [5, 5.41) is 8.50. The van der Waals surface area contributed by atoms with Gasteiger partial charge in [-0.25, -0.2) is 0 Å². The van der Waals surface area contributed by atoms with Crippen molar-refractivity contribution in [2.24, 2.45) is 16.6 Å². The number of aliphatic hydroxyl groups is 1. The van der Waals surface area contributed by atoms with Crippen LogP contribution in [0.4, 0.5) is 0 Å². The first-order valence-electron chi connectivity index (χ1n) is 3.37. The van der Waals surface area contributed by atoms with Gasteiger partial charge in [0.1, 0.15) is 0 Å². The molecular weight excluding hydrogens is 128 g/mol. The molecule has 0 aromatic heterocycles. The highest BCUT2D eigenvalue weighted by molar-refractivity contribution is 5.50. The van der Waals surface area contributed by atoms with Gasteiger partial charge in [0, 0.05) is 13.2 Å². The fourth-order valence-corrected chi connectivity index (χ4v) is 0.611. The second-order valence-electron chi connectivity index (χ2n) is 2.14. The van der Waals surface area contributed by atoms with Crippen molar-refractivity contribution in [2.75, 3.05) is 13.2 Å². The van der Waals surface area contributed by atoms with Crippen molar-refractivity contribution in [1.29, 1.82) is 0 Å². The van der Waals surface area contributed by atoms with Crippen LogP contribution in [0.2, 0.25) is 0 Å². The first kappa shape index (κ1) is 9.43. The summed E-state index contributed by atoms with van der Waals surface area (Å²) in [4.78, 5) is 3.79. The summed E-state index contributed by atoms with van der Waals surface area (Å²) in [6.45, 7) is 6.17. The Labute approximate surface area is 62.0 Å². The maximum atomic E-state index is 8.50. The third-order valence-electron chi connectivity index (χ3n) is 1.20. The molecule has 3 N–H and O–H groups in total. The molecule has 0 bridgehead atoms. The summed E-state index contributed by atoms with van der Waals surface area (Å²) in [7, 11) is 0. The van der Waals surface area contributed by atoms with Crippen molar-refractivity contribution in [3.8, 4) is 0 Å². The van der Waals surface area contributed by atoms with Crippen molar-refractivity contribution in [3.63, 3.8) is 0 Å². The van der Waals surface area contributed by atoms with Crippen LogP contribution < -0.4 is 5.73 Å². The Morgan fingerprint density at radius 2 is 2.40 bits per heavy atom. The minimum atomic E-state index is -0.104. The molecule has 0 aliphatic rings. The van der Waals surface area contributed by atoms with Crippen molar-refractivity contribution >= 4 is 6.34 Å². The predicted molar refractivity (Wildman–Crippen MR) is 41.7 cm³/mol. The van der Waals surface area contributed by atoms with Crippen molar-refractivity contribution < 1.29 is 5.11 Å². The molecule has 0 rings (SSSR count). The molecule has 0 aliphatic carbocycles. The molecule has 1 atom stereocenters. The van der Waals surface area contributed by atoms with Gasteiger partial charge in [0.05, 0.1) is 6.34 Å². The molecule has 0 aromatic carbocycles. The van der Waals surface area contributed by atoms with E-state index in [1.54, 1.807) is 0 Å². The lowest BCUT2D eigenvalue weighted by atomic mass is 10.1. The number of hydrogen-bond donors (Lipinski definition) is 2. The highest BCUT2D eigenvalue weighted by atomic mass is 16.3. The summed E-state index contributed by atoms with van der Waals surface area (Å²) in [5.74, 6) is -0.104. The van der Waals surface area contributed by atoms with E-state index in [1.165, 1.54) is 6.34 Å². The van der Waals surface area contributed by atoms with Crippen LogP contribution in [0.1, 0.15) is 12.8 Å². The summed E-state index contributed by atoms with van der Waals surface area (Å²) in [6, 6.07) is 0. The van der Waals surface area contributed by atoms with Gasteiger partial charge in [-0.2, -0.15) is 0 Å². The van der Waals surface area contributed by atoms with Gasteiger partial charge in [0.25, 0.3) is 0 Å². The zero-order valence-corrected chi connectivity index (χ0v) is 6.03. The van der Waals surface area contributed by atoms with Crippen LogP contribution in [-0.4, -0.2) is 24.6 Å². The molecule has 58 valence electrons. The third-order valence-corrected chi connectivity index (χ3v) is 1.20. The topological polar surface area (TPSA) is 58.6 Å². The highest BCUT2D eigenvalue weighted by Gasteiger charge is 1.97. The van der Waals surface area contributed by atoms with E-state index in [4.69, 9.17) is 17.8 Å². The van der Waals surface area contributed by atoms with Crippen LogP contribution in [0.25, 0.3) is 0 Å². The average molecular weight is 142 g/mol. The van der Waals surface area contributed by atoms with Gasteiger partial charge in [-0.05, 0) is 25.7 Å². The Bertz CT molecular complexity index is 93.6. The van der Waals surface area contributed by atoms with Crippen LogP contribution in [0.5, 0.6) is 0 Å². The van der Waals surface area contributed by atoms with Crippen LogP contribution in [0.15, 0.2) is 4.99 Å². The van der Waals surface area contributed by atoms with E-state index < -0.39 is 0 Å². The van der Waals surface area contributed by atoms with Crippen LogP contribution in [-0.2, 0) is 0 Å². The number of nitrogens with two attached hydrogens (primary N) is 1. The summed E-state index contributed by atoms with van der Waals surface area (Å²) < 4.78 is 0. The largest absolute Gasteiger partial charge is 0.396 e. The minimum Gasteiger partial charge on any atom is -0.396 e. The van der Waals surface area contributed by atoms with Gasteiger partial charge in [-0.1, -0.05) is 0 Å². The maximum Gasteiger partial charge on any atom is 0.0797 e. The Morgan fingerprint density at radius 1 is 1.70 bits per heavy atom. The molecule has 0 fully saturated rings. The lowest BCUT2D eigenvalue weighted by Gasteiger charge is -2.03.